The molecule has 0 saturated heterocycles. The molecule has 0 spiro atoms. The van der Waals surface area contributed by atoms with E-state index in [1.54, 1.807) is 0 Å². The number of benzene rings is 2. The van der Waals surface area contributed by atoms with E-state index in [2.05, 4.69) is 0 Å². The monoisotopic (exact) mass is 350 g/mol. The van der Waals surface area contributed by atoms with E-state index in [0.717, 1.165) is 18.2 Å². The summed E-state index contributed by atoms with van der Waals surface area (Å²) in [7, 11) is -4.98. The second-order valence-electron chi connectivity index (χ2n) is 4.68. The first-order valence-corrected chi connectivity index (χ1v) is 8.10. The highest BCUT2D eigenvalue weighted by atomic mass is 31.2. The summed E-state index contributed by atoms with van der Waals surface area (Å²) in [5.74, 6) is -2.29. The van der Waals surface area contributed by atoms with Crippen molar-refractivity contribution in [1.82, 2.24) is 0 Å². The van der Waals surface area contributed by atoms with E-state index in [0.29, 0.717) is 0 Å². The van der Waals surface area contributed by atoms with Gasteiger partial charge in [0.2, 0.25) is 0 Å². The maximum absolute atomic E-state index is 11.3. The Kier molecular flexibility index (Phi) is 4.97. The smallest absolute Gasteiger partial charge is 0.358 e. The highest BCUT2D eigenvalue weighted by Crippen LogP contribution is 2.52. The van der Waals surface area contributed by atoms with Crippen LogP contribution in [-0.4, -0.2) is 19.8 Å². The van der Waals surface area contributed by atoms with Crippen LogP contribution < -0.4 is 4.74 Å². The lowest BCUT2D eigenvalue weighted by Crippen LogP contribution is -2.02. The van der Waals surface area contributed by atoms with E-state index >= 15 is 0 Å². The van der Waals surface area contributed by atoms with Gasteiger partial charge in [0.1, 0.15) is 11.5 Å². The fraction of sp³-hybridized carbons (Fsp3) is 0.0714. The zero-order valence-corrected chi connectivity index (χ0v) is 12.8. The molecule has 1 unspecified atom stereocenters. The molecule has 24 heavy (non-hydrogen) atoms. The third kappa shape index (κ3) is 3.95. The lowest BCUT2D eigenvalue weighted by molar-refractivity contribution is -0.385. The van der Waals surface area contributed by atoms with Crippen LogP contribution in [0.3, 0.4) is 0 Å². The van der Waals surface area contributed by atoms with E-state index in [-0.39, 0.29) is 17.1 Å². The minimum Gasteiger partial charge on any atom is -0.457 e. The van der Waals surface area contributed by atoms with Gasteiger partial charge in [-0.25, -0.2) is 0 Å². The van der Waals surface area contributed by atoms with Crippen molar-refractivity contribution in [2.45, 2.75) is 5.85 Å². The molecule has 0 aliphatic heterocycles. The van der Waals surface area contributed by atoms with Gasteiger partial charge in [0.15, 0.2) is 5.85 Å². The van der Waals surface area contributed by atoms with Gasteiger partial charge in [0.25, 0.3) is 5.69 Å². The molecule has 2 aromatic rings. The largest absolute Gasteiger partial charge is 0.457 e. The molecule has 3 N–H and O–H groups in total. The Balaban J connectivity index is 2.50. The molecule has 0 bridgehead atoms. The number of aliphatic hydroxyl groups is 1. The summed E-state index contributed by atoms with van der Waals surface area (Å²) in [4.78, 5) is 28.3. The van der Waals surface area contributed by atoms with E-state index in [1.807, 2.05) is 6.07 Å². The van der Waals surface area contributed by atoms with Crippen LogP contribution in [0.5, 0.6) is 11.5 Å². The van der Waals surface area contributed by atoms with E-state index in [1.165, 1.54) is 24.3 Å². The molecular formula is C14H11N2O7P. The lowest BCUT2D eigenvalue weighted by atomic mass is 10.2. The molecule has 0 aliphatic carbocycles. The number of hydrogen-bond donors (Lipinski definition) is 3. The van der Waals surface area contributed by atoms with Crippen LogP contribution in [0.2, 0.25) is 0 Å². The quantitative estimate of drug-likeness (QED) is 0.422. The average molecular weight is 350 g/mol. The van der Waals surface area contributed by atoms with E-state index in [9.17, 15) is 19.8 Å². The second kappa shape index (κ2) is 6.78. The number of nitro benzene ring substituents is 1. The van der Waals surface area contributed by atoms with Crippen molar-refractivity contribution in [3.8, 4) is 17.6 Å². The first-order chi connectivity index (χ1) is 11.2. The zero-order valence-electron chi connectivity index (χ0n) is 11.9. The third-order valence-corrected chi connectivity index (χ3v) is 3.91. The highest BCUT2D eigenvalue weighted by molar-refractivity contribution is 7.51. The third-order valence-electron chi connectivity index (χ3n) is 2.99. The fourth-order valence-electron chi connectivity index (χ4n) is 1.88. The van der Waals surface area contributed by atoms with Gasteiger partial charge >= 0.3 is 7.60 Å². The number of nitriles is 1. The first kappa shape index (κ1) is 17.6. The number of rotatable bonds is 5. The van der Waals surface area contributed by atoms with Crippen molar-refractivity contribution in [1.29, 1.82) is 5.26 Å². The topological polar surface area (TPSA) is 154 Å². The minimum absolute atomic E-state index is 0.169. The second-order valence-corrected chi connectivity index (χ2v) is 6.35. The van der Waals surface area contributed by atoms with Crippen LogP contribution >= 0.6 is 7.60 Å². The normalized spacial score (nSPS) is 12.2. The Labute approximate surface area is 135 Å². The lowest BCUT2D eigenvalue weighted by Gasteiger charge is -2.17. The fourth-order valence-corrected chi connectivity index (χ4v) is 2.45. The van der Waals surface area contributed by atoms with Crippen molar-refractivity contribution >= 4 is 13.3 Å². The molecule has 0 saturated carbocycles. The van der Waals surface area contributed by atoms with Crippen molar-refractivity contribution in [2.24, 2.45) is 0 Å². The highest BCUT2D eigenvalue weighted by Gasteiger charge is 2.32. The molecule has 0 radical (unpaired) electrons. The maximum Gasteiger partial charge on any atom is 0.358 e. The summed E-state index contributed by atoms with van der Waals surface area (Å²) in [5.41, 5.74) is -0.609. The van der Waals surface area contributed by atoms with Crippen LogP contribution in [0, 0.1) is 21.4 Å². The summed E-state index contributed by atoms with van der Waals surface area (Å²) in [6.07, 6.45) is 0. The summed E-state index contributed by atoms with van der Waals surface area (Å²) < 4.78 is 16.7. The number of ether oxygens (including phenoxy) is 1. The molecule has 0 amide bonds. The molecule has 0 heterocycles. The van der Waals surface area contributed by atoms with Gasteiger partial charge in [0.05, 0.1) is 16.6 Å². The van der Waals surface area contributed by atoms with Crippen LogP contribution in [0.15, 0.2) is 42.5 Å². The van der Waals surface area contributed by atoms with Crippen LogP contribution in [0.4, 0.5) is 5.69 Å². The SMILES string of the molecule is N#Cc1cccc(Oc2ccc([N+](=O)[O-])cc2C(O)P(=O)(O)O)c1. The minimum atomic E-state index is -4.98. The van der Waals surface area contributed by atoms with Gasteiger partial charge in [0, 0.05) is 17.7 Å². The average Bonchev–Trinajstić information content (AvgIpc) is 2.53. The van der Waals surface area contributed by atoms with E-state index < -0.39 is 29.6 Å². The van der Waals surface area contributed by atoms with Gasteiger partial charge in [-0.1, -0.05) is 6.07 Å². The summed E-state index contributed by atoms with van der Waals surface area (Å²) in [5, 5.41) is 29.5. The summed E-state index contributed by atoms with van der Waals surface area (Å²) >= 11 is 0. The van der Waals surface area contributed by atoms with Crippen molar-refractivity contribution in [2.75, 3.05) is 0 Å². The Hall–Kier alpha value is -2.76. The van der Waals surface area contributed by atoms with E-state index in [4.69, 9.17) is 19.8 Å². The molecule has 2 rings (SSSR count). The van der Waals surface area contributed by atoms with Gasteiger partial charge in [-0.05, 0) is 24.3 Å². The molecule has 10 heteroatoms. The van der Waals surface area contributed by atoms with Gasteiger partial charge in [-0.2, -0.15) is 5.26 Å². The Morgan fingerprint density at radius 2 is 1.96 bits per heavy atom. The molecule has 124 valence electrons. The molecule has 9 nitrogen and oxygen atoms in total. The number of non-ortho nitro benzene ring substituents is 1. The Bertz CT molecular complexity index is 872. The molecular weight excluding hydrogens is 339 g/mol. The van der Waals surface area contributed by atoms with Gasteiger partial charge in [-0.3, -0.25) is 14.7 Å². The predicted octanol–water partition coefficient (Wildman–Crippen LogP) is 2.43. The zero-order chi connectivity index (χ0) is 17.9. The molecule has 0 aliphatic rings. The number of hydrogen-bond acceptors (Lipinski definition) is 6. The van der Waals surface area contributed by atoms with Crippen molar-refractivity contribution in [3.63, 3.8) is 0 Å². The van der Waals surface area contributed by atoms with Gasteiger partial charge in [-0.15, -0.1) is 0 Å². The van der Waals surface area contributed by atoms with Crippen LogP contribution in [0.1, 0.15) is 17.0 Å². The maximum atomic E-state index is 11.3. The first-order valence-electron chi connectivity index (χ1n) is 6.42. The number of aliphatic hydroxyl groups excluding tert-OH is 1. The van der Waals surface area contributed by atoms with Crippen molar-refractivity contribution < 1.29 is 29.1 Å². The Morgan fingerprint density at radius 1 is 1.25 bits per heavy atom. The number of nitro groups is 1. The van der Waals surface area contributed by atoms with Crippen LogP contribution in [0.25, 0.3) is 0 Å². The summed E-state index contributed by atoms with van der Waals surface area (Å²) in [6.45, 7) is 0. The molecule has 1 atom stereocenters. The Morgan fingerprint density at radius 3 is 2.54 bits per heavy atom. The predicted molar refractivity (Wildman–Crippen MR) is 81.3 cm³/mol. The standard InChI is InChI=1S/C14H11N2O7P/c15-8-9-2-1-3-11(6-9)23-13-5-4-10(16(18)19)7-12(13)14(17)24(20,21)22/h1-7,14,17H,(H2,20,21,22). The molecule has 0 aromatic heterocycles. The summed E-state index contributed by atoms with van der Waals surface area (Å²) in [6, 6.07) is 10.8. The molecule has 2 aromatic carbocycles. The van der Waals surface area contributed by atoms with Crippen molar-refractivity contribution in [3.05, 3.63) is 63.7 Å². The van der Waals surface area contributed by atoms with Gasteiger partial charge < -0.3 is 19.6 Å². The van der Waals surface area contributed by atoms with Crippen LogP contribution in [-0.2, 0) is 4.57 Å². The molecule has 0 fully saturated rings. The number of nitrogens with zero attached hydrogens (tertiary/aromatic N) is 2.